The van der Waals surface area contributed by atoms with Gasteiger partial charge in [0.05, 0.1) is 19.1 Å². The van der Waals surface area contributed by atoms with Crippen molar-refractivity contribution in [3.63, 3.8) is 0 Å². The minimum Gasteiger partial charge on any atom is -0.496 e. The molecule has 0 amide bonds. The van der Waals surface area contributed by atoms with Crippen molar-refractivity contribution in [3.8, 4) is 11.8 Å². The molecule has 0 aromatic heterocycles. The molecular formula is C16H22N2O. The van der Waals surface area contributed by atoms with Crippen molar-refractivity contribution in [3.05, 3.63) is 29.3 Å². The molecule has 0 heterocycles. The van der Waals surface area contributed by atoms with Crippen molar-refractivity contribution < 1.29 is 4.74 Å². The van der Waals surface area contributed by atoms with Gasteiger partial charge in [-0.2, -0.15) is 5.26 Å². The zero-order chi connectivity index (χ0) is 13.8. The van der Waals surface area contributed by atoms with Gasteiger partial charge in [0.15, 0.2) is 0 Å². The molecule has 102 valence electrons. The van der Waals surface area contributed by atoms with Crippen molar-refractivity contribution in [2.45, 2.75) is 45.2 Å². The first-order chi connectivity index (χ1) is 9.15. The monoisotopic (exact) mass is 258 g/mol. The van der Waals surface area contributed by atoms with Crippen LogP contribution >= 0.6 is 0 Å². The molecule has 1 N–H and O–H groups in total. The lowest BCUT2D eigenvalue weighted by molar-refractivity contribution is 0.382. The van der Waals surface area contributed by atoms with E-state index in [0.717, 1.165) is 25.0 Å². The van der Waals surface area contributed by atoms with Crippen LogP contribution in [-0.4, -0.2) is 13.2 Å². The van der Waals surface area contributed by atoms with Crippen LogP contribution in [0.25, 0.3) is 0 Å². The molecule has 19 heavy (non-hydrogen) atoms. The van der Waals surface area contributed by atoms with Crippen LogP contribution in [0, 0.1) is 24.2 Å². The topological polar surface area (TPSA) is 45.0 Å². The summed E-state index contributed by atoms with van der Waals surface area (Å²) in [6, 6.07) is 9.16. The third-order valence-corrected chi connectivity index (χ3v) is 4.00. The molecule has 1 aromatic rings. The second kappa shape index (κ2) is 6.08. The summed E-state index contributed by atoms with van der Waals surface area (Å²) in [5.41, 5.74) is 2.40. The number of rotatable bonds is 4. The van der Waals surface area contributed by atoms with E-state index >= 15 is 0 Å². The average Bonchev–Trinajstić information content (AvgIpc) is 2.85. The highest BCUT2D eigenvalue weighted by Crippen LogP contribution is 2.30. The Bertz CT molecular complexity index is 478. The van der Waals surface area contributed by atoms with Gasteiger partial charge in [-0.15, -0.1) is 0 Å². The molecule has 3 nitrogen and oxygen atoms in total. The molecule has 3 atom stereocenters. The Kier molecular flexibility index (Phi) is 4.44. The lowest BCUT2D eigenvalue weighted by Crippen LogP contribution is -2.34. The van der Waals surface area contributed by atoms with E-state index in [1.54, 1.807) is 7.11 Å². The largest absolute Gasteiger partial charge is 0.496 e. The molecular weight excluding hydrogens is 236 g/mol. The van der Waals surface area contributed by atoms with Gasteiger partial charge in [-0.05, 0) is 32.8 Å². The highest BCUT2D eigenvalue weighted by atomic mass is 16.5. The third-order valence-electron chi connectivity index (χ3n) is 4.00. The van der Waals surface area contributed by atoms with Gasteiger partial charge in [-0.1, -0.05) is 24.1 Å². The molecule has 1 aliphatic carbocycles. The number of nitriles is 1. The SMILES string of the molecule is COc1ccc(C)cc1C(C)NC1CCCC1C#N. The Balaban J connectivity index is 2.13. The summed E-state index contributed by atoms with van der Waals surface area (Å²) in [5, 5.41) is 12.7. The maximum absolute atomic E-state index is 9.15. The molecule has 1 fully saturated rings. The number of nitrogens with zero attached hydrogens (tertiary/aromatic N) is 1. The van der Waals surface area contributed by atoms with Gasteiger partial charge in [0.25, 0.3) is 0 Å². The fraction of sp³-hybridized carbons (Fsp3) is 0.562. The molecule has 1 aromatic carbocycles. The second-order valence-electron chi connectivity index (χ2n) is 5.41. The molecule has 3 unspecified atom stereocenters. The van der Waals surface area contributed by atoms with Gasteiger partial charge < -0.3 is 10.1 Å². The predicted molar refractivity (Wildman–Crippen MR) is 76.0 cm³/mol. The van der Waals surface area contributed by atoms with Crippen LogP contribution in [0.4, 0.5) is 0 Å². The minimum absolute atomic E-state index is 0.151. The van der Waals surface area contributed by atoms with E-state index in [2.05, 4.69) is 37.4 Å². The smallest absolute Gasteiger partial charge is 0.123 e. The van der Waals surface area contributed by atoms with E-state index in [4.69, 9.17) is 10.00 Å². The van der Waals surface area contributed by atoms with Crippen LogP contribution in [0.2, 0.25) is 0 Å². The van der Waals surface area contributed by atoms with E-state index in [-0.39, 0.29) is 12.0 Å². The summed E-state index contributed by atoms with van der Waals surface area (Å²) in [6.07, 6.45) is 3.26. The van der Waals surface area contributed by atoms with Crippen molar-refractivity contribution in [2.24, 2.45) is 5.92 Å². The van der Waals surface area contributed by atoms with Crippen LogP contribution < -0.4 is 10.1 Å². The number of aryl methyl sites for hydroxylation is 1. The summed E-state index contributed by atoms with van der Waals surface area (Å²) >= 11 is 0. The Hall–Kier alpha value is -1.53. The number of nitrogens with one attached hydrogen (secondary N) is 1. The van der Waals surface area contributed by atoms with Gasteiger partial charge in [-0.3, -0.25) is 0 Å². The normalized spacial score (nSPS) is 23.9. The molecule has 3 heteroatoms. The van der Waals surface area contributed by atoms with E-state index in [1.807, 2.05) is 6.07 Å². The Labute approximate surface area is 115 Å². The van der Waals surface area contributed by atoms with Crippen LogP contribution in [-0.2, 0) is 0 Å². The number of hydrogen-bond donors (Lipinski definition) is 1. The first-order valence-electron chi connectivity index (χ1n) is 6.96. The molecule has 0 bridgehead atoms. The zero-order valence-corrected chi connectivity index (χ0v) is 11.9. The number of benzene rings is 1. The Morgan fingerprint density at radius 1 is 1.42 bits per heavy atom. The third kappa shape index (κ3) is 3.08. The minimum atomic E-state index is 0.151. The van der Waals surface area contributed by atoms with Crippen LogP contribution in [0.15, 0.2) is 18.2 Å². The zero-order valence-electron chi connectivity index (χ0n) is 11.9. The van der Waals surface area contributed by atoms with Crippen molar-refractivity contribution >= 4 is 0 Å². The van der Waals surface area contributed by atoms with Crippen LogP contribution in [0.5, 0.6) is 5.75 Å². The average molecular weight is 258 g/mol. The fourth-order valence-corrected chi connectivity index (χ4v) is 2.92. The number of hydrogen-bond acceptors (Lipinski definition) is 3. The molecule has 0 aliphatic heterocycles. The first kappa shape index (κ1) is 13.9. The number of ether oxygens (including phenoxy) is 1. The molecule has 2 rings (SSSR count). The van der Waals surface area contributed by atoms with Gasteiger partial charge in [-0.25, -0.2) is 0 Å². The molecule has 0 spiro atoms. The number of methoxy groups -OCH3 is 1. The fourth-order valence-electron chi connectivity index (χ4n) is 2.92. The molecule has 0 saturated heterocycles. The van der Waals surface area contributed by atoms with Gasteiger partial charge in [0.1, 0.15) is 5.75 Å². The summed E-state index contributed by atoms with van der Waals surface area (Å²) < 4.78 is 5.43. The summed E-state index contributed by atoms with van der Waals surface area (Å²) in [7, 11) is 1.70. The van der Waals surface area contributed by atoms with E-state index in [0.29, 0.717) is 6.04 Å². The highest BCUT2D eigenvalue weighted by molar-refractivity contribution is 5.39. The molecule has 1 saturated carbocycles. The van der Waals surface area contributed by atoms with Gasteiger partial charge in [0.2, 0.25) is 0 Å². The predicted octanol–water partition coefficient (Wildman–Crippen LogP) is 3.35. The quantitative estimate of drug-likeness (QED) is 0.900. The molecule has 1 aliphatic rings. The van der Waals surface area contributed by atoms with Crippen molar-refractivity contribution in [1.29, 1.82) is 5.26 Å². The summed E-state index contributed by atoms with van der Waals surface area (Å²) in [5.74, 6) is 1.07. The first-order valence-corrected chi connectivity index (χ1v) is 6.96. The summed E-state index contributed by atoms with van der Waals surface area (Å²) in [6.45, 7) is 4.23. The van der Waals surface area contributed by atoms with Crippen molar-refractivity contribution in [2.75, 3.05) is 7.11 Å². The second-order valence-corrected chi connectivity index (χ2v) is 5.41. The van der Waals surface area contributed by atoms with Crippen LogP contribution in [0.3, 0.4) is 0 Å². The highest BCUT2D eigenvalue weighted by Gasteiger charge is 2.28. The van der Waals surface area contributed by atoms with Crippen LogP contribution in [0.1, 0.15) is 43.4 Å². The lowest BCUT2D eigenvalue weighted by Gasteiger charge is -2.23. The Morgan fingerprint density at radius 2 is 2.21 bits per heavy atom. The maximum Gasteiger partial charge on any atom is 0.123 e. The van der Waals surface area contributed by atoms with E-state index in [1.165, 1.54) is 11.1 Å². The van der Waals surface area contributed by atoms with Gasteiger partial charge >= 0.3 is 0 Å². The van der Waals surface area contributed by atoms with Gasteiger partial charge in [0, 0.05) is 17.6 Å². The van der Waals surface area contributed by atoms with Crippen molar-refractivity contribution in [1.82, 2.24) is 5.32 Å². The Morgan fingerprint density at radius 3 is 2.89 bits per heavy atom. The summed E-state index contributed by atoms with van der Waals surface area (Å²) in [4.78, 5) is 0. The standard InChI is InChI=1S/C16H22N2O/c1-11-7-8-16(19-3)14(9-11)12(2)18-15-6-4-5-13(15)10-17/h7-9,12-13,15,18H,4-6H2,1-3H3. The maximum atomic E-state index is 9.15. The lowest BCUT2D eigenvalue weighted by atomic mass is 10.0. The van der Waals surface area contributed by atoms with E-state index < -0.39 is 0 Å². The van der Waals surface area contributed by atoms with E-state index in [9.17, 15) is 0 Å². The molecule has 0 radical (unpaired) electrons.